The molecule has 144 valence electrons. The molecule has 5 nitrogen and oxygen atoms in total. The second-order valence-corrected chi connectivity index (χ2v) is 8.75. The number of benzene rings is 2. The van der Waals surface area contributed by atoms with E-state index in [-0.39, 0.29) is 10.8 Å². The van der Waals surface area contributed by atoms with Crippen molar-refractivity contribution in [1.82, 2.24) is 4.31 Å². The molecule has 0 aromatic heterocycles. The highest BCUT2D eigenvalue weighted by molar-refractivity contribution is 7.89. The maximum atomic E-state index is 13.0. The van der Waals surface area contributed by atoms with Crippen LogP contribution in [0.1, 0.15) is 37.7 Å². The molecule has 0 atom stereocenters. The maximum Gasteiger partial charge on any atom is 0.245 e. The minimum atomic E-state index is -3.58. The van der Waals surface area contributed by atoms with Crippen molar-refractivity contribution in [1.29, 1.82) is 0 Å². The van der Waals surface area contributed by atoms with Crippen LogP contribution in [0.3, 0.4) is 0 Å². The Balaban J connectivity index is 1.64. The fourth-order valence-corrected chi connectivity index (χ4v) is 5.01. The molecule has 6 heteroatoms. The number of hydrogen-bond donors (Lipinski definition) is 1. The minimum Gasteiger partial charge on any atom is -0.325 e. The van der Waals surface area contributed by atoms with Gasteiger partial charge < -0.3 is 5.32 Å². The molecule has 27 heavy (non-hydrogen) atoms. The zero-order chi connectivity index (χ0) is 19.1. The number of nitrogens with one attached hydrogen (secondary N) is 1. The Labute approximate surface area is 161 Å². The van der Waals surface area contributed by atoms with E-state index in [9.17, 15) is 13.2 Å². The van der Waals surface area contributed by atoms with Crippen molar-refractivity contribution >= 4 is 21.6 Å². The molecular weight excluding hydrogens is 360 g/mol. The SMILES string of the molecule is O=C(CCCc1ccccc1)Nc1ccccc1S(=O)(=O)N1CCCCC1. The molecule has 0 radical (unpaired) electrons. The number of anilines is 1. The van der Waals surface area contributed by atoms with Gasteiger partial charge in [0.1, 0.15) is 4.90 Å². The minimum absolute atomic E-state index is 0.160. The predicted octanol–water partition coefficient (Wildman–Crippen LogP) is 3.82. The summed E-state index contributed by atoms with van der Waals surface area (Å²) in [6.45, 7) is 1.09. The van der Waals surface area contributed by atoms with Crippen molar-refractivity contribution in [3.05, 3.63) is 60.2 Å². The van der Waals surface area contributed by atoms with Gasteiger partial charge >= 0.3 is 0 Å². The molecule has 1 saturated heterocycles. The molecule has 0 aliphatic carbocycles. The van der Waals surface area contributed by atoms with Crippen LogP contribution in [0, 0.1) is 0 Å². The molecule has 2 aromatic rings. The fraction of sp³-hybridized carbons (Fsp3) is 0.381. The number of sulfonamides is 1. The van der Waals surface area contributed by atoms with E-state index in [4.69, 9.17) is 0 Å². The van der Waals surface area contributed by atoms with E-state index >= 15 is 0 Å². The van der Waals surface area contributed by atoms with Crippen molar-refractivity contribution in [3.63, 3.8) is 0 Å². The van der Waals surface area contributed by atoms with Crippen LogP contribution in [-0.2, 0) is 21.2 Å². The molecular formula is C21H26N2O3S. The molecule has 1 heterocycles. The van der Waals surface area contributed by atoms with Crippen LogP contribution >= 0.6 is 0 Å². The Morgan fingerprint density at radius 2 is 1.59 bits per heavy atom. The molecule has 1 fully saturated rings. The van der Waals surface area contributed by atoms with Crippen molar-refractivity contribution in [3.8, 4) is 0 Å². The van der Waals surface area contributed by atoms with E-state index in [1.807, 2.05) is 30.3 Å². The maximum absolute atomic E-state index is 13.0. The van der Waals surface area contributed by atoms with Gasteiger partial charge in [-0.05, 0) is 43.4 Å². The van der Waals surface area contributed by atoms with Gasteiger partial charge in [-0.15, -0.1) is 0 Å². The first-order chi connectivity index (χ1) is 13.1. The van der Waals surface area contributed by atoms with Crippen LogP contribution in [0.2, 0.25) is 0 Å². The number of carbonyl (C=O) groups excluding carboxylic acids is 1. The van der Waals surface area contributed by atoms with Gasteiger partial charge in [-0.2, -0.15) is 4.31 Å². The Morgan fingerprint density at radius 1 is 0.926 bits per heavy atom. The van der Waals surface area contributed by atoms with E-state index in [0.29, 0.717) is 25.2 Å². The predicted molar refractivity (Wildman–Crippen MR) is 107 cm³/mol. The monoisotopic (exact) mass is 386 g/mol. The highest BCUT2D eigenvalue weighted by Gasteiger charge is 2.28. The van der Waals surface area contributed by atoms with Crippen LogP contribution in [0.4, 0.5) is 5.69 Å². The van der Waals surface area contributed by atoms with Crippen LogP contribution in [0.5, 0.6) is 0 Å². The lowest BCUT2D eigenvalue weighted by atomic mass is 10.1. The first-order valence-corrected chi connectivity index (χ1v) is 10.9. The van der Waals surface area contributed by atoms with E-state index in [2.05, 4.69) is 5.32 Å². The van der Waals surface area contributed by atoms with Gasteiger partial charge in [0.25, 0.3) is 0 Å². The number of hydrogen-bond acceptors (Lipinski definition) is 3. The van der Waals surface area contributed by atoms with Crippen LogP contribution < -0.4 is 5.32 Å². The van der Waals surface area contributed by atoms with Crippen LogP contribution in [0.15, 0.2) is 59.5 Å². The molecule has 2 aromatic carbocycles. The number of aryl methyl sites for hydroxylation is 1. The first kappa shape index (κ1) is 19.6. The molecule has 1 N–H and O–H groups in total. The summed E-state index contributed by atoms with van der Waals surface area (Å²) in [6.07, 6.45) is 4.72. The van der Waals surface area contributed by atoms with E-state index in [1.54, 1.807) is 24.3 Å². The van der Waals surface area contributed by atoms with Gasteiger partial charge in [-0.25, -0.2) is 8.42 Å². The van der Waals surface area contributed by atoms with Gasteiger partial charge in [0.15, 0.2) is 0 Å². The van der Waals surface area contributed by atoms with Gasteiger partial charge in [0.05, 0.1) is 5.69 Å². The summed E-state index contributed by atoms with van der Waals surface area (Å²) >= 11 is 0. The lowest BCUT2D eigenvalue weighted by molar-refractivity contribution is -0.116. The summed E-state index contributed by atoms with van der Waals surface area (Å²) in [7, 11) is -3.58. The molecule has 0 unspecified atom stereocenters. The van der Waals surface area contributed by atoms with Gasteiger partial charge in [-0.1, -0.05) is 48.9 Å². The molecule has 1 aliphatic heterocycles. The third-order valence-corrected chi connectivity index (χ3v) is 6.76. The Morgan fingerprint density at radius 3 is 2.33 bits per heavy atom. The summed E-state index contributed by atoms with van der Waals surface area (Å²) in [5.74, 6) is -0.160. The van der Waals surface area contributed by atoms with Crippen molar-refractivity contribution < 1.29 is 13.2 Å². The summed E-state index contributed by atoms with van der Waals surface area (Å²) in [6, 6.07) is 16.7. The fourth-order valence-electron chi connectivity index (χ4n) is 3.35. The average Bonchev–Trinajstić information content (AvgIpc) is 2.70. The van der Waals surface area contributed by atoms with Crippen LogP contribution in [-0.4, -0.2) is 31.7 Å². The highest BCUT2D eigenvalue weighted by Crippen LogP contribution is 2.27. The van der Waals surface area contributed by atoms with Gasteiger partial charge in [-0.3, -0.25) is 4.79 Å². The topological polar surface area (TPSA) is 66.5 Å². The number of rotatable bonds is 7. The zero-order valence-electron chi connectivity index (χ0n) is 15.4. The van der Waals surface area contributed by atoms with Crippen molar-refractivity contribution in [2.24, 2.45) is 0 Å². The lowest BCUT2D eigenvalue weighted by Crippen LogP contribution is -2.36. The largest absolute Gasteiger partial charge is 0.325 e. The summed E-state index contributed by atoms with van der Waals surface area (Å²) in [5, 5.41) is 2.80. The van der Waals surface area contributed by atoms with Gasteiger partial charge in [0.2, 0.25) is 15.9 Å². The molecule has 3 rings (SSSR count). The van der Waals surface area contributed by atoms with Crippen LogP contribution in [0.25, 0.3) is 0 Å². The standard InChI is InChI=1S/C21H26N2O3S/c24-21(15-9-12-18-10-3-1-4-11-18)22-19-13-5-6-14-20(19)27(25,26)23-16-7-2-8-17-23/h1,3-6,10-11,13-14H,2,7-9,12,15-17H2,(H,22,24). The third-order valence-electron chi connectivity index (χ3n) is 4.81. The molecule has 0 bridgehead atoms. The zero-order valence-corrected chi connectivity index (χ0v) is 16.2. The average molecular weight is 387 g/mol. The molecule has 0 saturated carbocycles. The number of piperidine rings is 1. The smallest absolute Gasteiger partial charge is 0.245 e. The Hall–Kier alpha value is -2.18. The number of para-hydroxylation sites is 1. The second-order valence-electron chi connectivity index (χ2n) is 6.85. The molecule has 0 spiro atoms. The Bertz CT molecular complexity index is 860. The van der Waals surface area contributed by atoms with Gasteiger partial charge in [0, 0.05) is 19.5 Å². The summed E-state index contributed by atoms with van der Waals surface area (Å²) in [5.41, 5.74) is 1.56. The van der Waals surface area contributed by atoms with Crippen molar-refractivity contribution in [2.75, 3.05) is 18.4 Å². The molecule has 1 aliphatic rings. The second kappa shape index (κ2) is 9.15. The molecule has 1 amide bonds. The number of carbonyl (C=O) groups is 1. The normalized spacial score (nSPS) is 15.4. The first-order valence-electron chi connectivity index (χ1n) is 9.50. The number of amides is 1. The van der Waals surface area contributed by atoms with E-state index in [0.717, 1.165) is 32.1 Å². The number of nitrogens with zero attached hydrogens (tertiary/aromatic N) is 1. The Kier molecular flexibility index (Phi) is 6.63. The summed E-state index contributed by atoms with van der Waals surface area (Å²) < 4.78 is 27.5. The van der Waals surface area contributed by atoms with E-state index < -0.39 is 10.0 Å². The summed E-state index contributed by atoms with van der Waals surface area (Å²) in [4.78, 5) is 12.5. The lowest BCUT2D eigenvalue weighted by Gasteiger charge is -2.26. The highest BCUT2D eigenvalue weighted by atomic mass is 32.2. The van der Waals surface area contributed by atoms with Crippen molar-refractivity contribution in [2.45, 2.75) is 43.4 Å². The third kappa shape index (κ3) is 5.17. The van der Waals surface area contributed by atoms with E-state index in [1.165, 1.54) is 9.87 Å². The quantitative estimate of drug-likeness (QED) is 0.787.